The number of carbonyl (C=O) groups excluding carboxylic acids is 1. The summed E-state index contributed by atoms with van der Waals surface area (Å²) in [6.45, 7) is 7.56. The molecule has 0 radical (unpaired) electrons. The summed E-state index contributed by atoms with van der Waals surface area (Å²) in [6.07, 6.45) is 1.98. The molecule has 1 atom stereocenters. The summed E-state index contributed by atoms with van der Waals surface area (Å²) in [4.78, 5) is 19.5. The Kier molecular flexibility index (Phi) is 4.33. The third kappa shape index (κ3) is 3.39. The molecule has 1 unspecified atom stereocenters. The van der Waals surface area contributed by atoms with E-state index in [2.05, 4.69) is 31.5 Å². The van der Waals surface area contributed by atoms with Gasteiger partial charge in [0.2, 0.25) is 0 Å². The Balaban J connectivity index is 1.55. The van der Waals surface area contributed by atoms with Crippen LogP contribution in [0.3, 0.4) is 0 Å². The topological polar surface area (TPSA) is 80.4 Å². The standard InChI is InChI=1S/C19H25N7O/c1-12-10-18(26-17(20-12)9-14(3)23-26)25-7-5-6-15(11-25)21-19(27)16-8-13(2)22-24(16)4/h8-10,15H,5-7,11H2,1-4H3,(H,21,27). The number of hydrogen-bond donors (Lipinski definition) is 1. The van der Waals surface area contributed by atoms with E-state index in [0.717, 1.165) is 54.5 Å². The fourth-order valence-electron chi connectivity index (χ4n) is 3.81. The number of amides is 1. The summed E-state index contributed by atoms with van der Waals surface area (Å²) < 4.78 is 3.53. The average molecular weight is 367 g/mol. The molecule has 1 fully saturated rings. The molecule has 1 N–H and O–H groups in total. The minimum absolute atomic E-state index is 0.0732. The molecule has 8 nitrogen and oxygen atoms in total. The van der Waals surface area contributed by atoms with Crippen molar-refractivity contribution >= 4 is 17.4 Å². The first-order chi connectivity index (χ1) is 12.9. The molecule has 3 aromatic heterocycles. The maximum absolute atomic E-state index is 12.6. The summed E-state index contributed by atoms with van der Waals surface area (Å²) in [5, 5.41) is 12.0. The molecule has 4 rings (SSSR count). The minimum atomic E-state index is -0.0732. The van der Waals surface area contributed by atoms with Crippen LogP contribution in [0, 0.1) is 20.8 Å². The lowest BCUT2D eigenvalue weighted by molar-refractivity contribution is 0.0923. The van der Waals surface area contributed by atoms with E-state index >= 15 is 0 Å². The normalized spacial score (nSPS) is 17.5. The largest absolute Gasteiger partial charge is 0.354 e. The first kappa shape index (κ1) is 17.5. The van der Waals surface area contributed by atoms with Crippen LogP contribution in [0.5, 0.6) is 0 Å². The molecule has 0 aliphatic carbocycles. The molecule has 0 bridgehead atoms. The van der Waals surface area contributed by atoms with Crippen molar-refractivity contribution in [2.75, 3.05) is 18.0 Å². The number of nitrogens with one attached hydrogen (secondary N) is 1. The highest BCUT2D eigenvalue weighted by molar-refractivity contribution is 5.92. The van der Waals surface area contributed by atoms with Crippen molar-refractivity contribution in [3.63, 3.8) is 0 Å². The van der Waals surface area contributed by atoms with Gasteiger partial charge in [0, 0.05) is 44.0 Å². The minimum Gasteiger partial charge on any atom is -0.354 e. The third-order valence-corrected chi connectivity index (χ3v) is 4.97. The van der Waals surface area contributed by atoms with E-state index in [4.69, 9.17) is 0 Å². The second kappa shape index (κ2) is 6.68. The number of aryl methyl sites for hydroxylation is 4. The van der Waals surface area contributed by atoms with Gasteiger partial charge in [-0.3, -0.25) is 9.48 Å². The summed E-state index contributed by atoms with van der Waals surface area (Å²) in [6, 6.07) is 5.96. The smallest absolute Gasteiger partial charge is 0.269 e. The number of aromatic nitrogens is 5. The van der Waals surface area contributed by atoms with Crippen molar-refractivity contribution in [3.8, 4) is 0 Å². The van der Waals surface area contributed by atoms with E-state index in [1.54, 1.807) is 11.7 Å². The van der Waals surface area contributed by atoms with Crippen LogP contribution in [-0.4, -0.2) is 49.4 Å². The van der Waals surface area contributed by atoms with Crippen molar-refractivity contribution < 1.29 is 4.79 Å². The fourth-order valence-corrected chi connectivity index (χ4v) is 3.81. The lowest BCUT2D eigenvalue weighted by atomic mass is 10.1. The Labute approximate surface area is 158 Å². The molecule has 4 heterocycles. The van der Waals surface area contributed by atoms with E-state index in [0.29, 0.717) is 5.69 Å². The zero-order chi connectivity index (χ0) is 19.1. The van der Waals surface area contributed by atoms with Gasteiger partial charge in [0.05, 0.1) is 11.4 Å². The van der Waals surface area contributed by atoms with Gasteiger partial charge >= 0.3 is 0 Å². The Hall–Kier alpha value is -2.90. The van der Waals surface area contributed by atoms with Crippen LogP contribution in [0.4, 0.5) is 5.82 Å². The van der Waals surface area contributed by atoms with Crippen LogP contribution in [0.25, 0.3) is 5.65 Å². The van der Waals surface area contributed by atoms with Gasteiger partial charge in [-0.2, -0.15) is 14.7 Å². The van der Waals surface area contributed by atoms with Crippen LogP contribution < -0.4 is 10.2 Å². The second-order valence-electron chi connectivity index (χ2n) is 7.36. The van der Waals surface area contributed by atoms with Gasteiger partial charge in [-0.05, 0) is 39.7 Å². The number of hydrogen-bond acceptors (Lipinski definition) is 5. The van der Waals surface area contributed by atoms with Gasteiger partial charge in [-0.1, -0.05) is 0 Å². The Morgan fingerprint density at radius 1 is 1.11 bits per heavy atom. The van der Waals surface area contributed by atoms with Crippen molar-refractivity contribution in [3.05, 3.63) is 41.0 Å². The van der Waals surface area contributed by atoms with E-state index in [1.165, 1.54) is 0 Å². The lowest BCUT2D eigenvalue weighted by Crippen LogP contribution is -2.48. The van der Waals surface area contributed by atoms with Crippen molar-refractivity contribution in [1.82, 2.24) is 29.7 Å². The third-order valence-electron chi connectivity index (χ3n) is 4.97. The fraction of sp³-hybridized carbons (Fsp3) is 0.474. The highest BCUT2D eigenvalue weighted by Gasteiger charge is 2.25. The SMILES string of the molecule is Cc1cc(N2CCCC(NC(=O)c3cc(C)nn3C)C2)n2nc(C)cc2n1. The molecule has 1 saturated heterocycles. The predicted octanol–water partition coefficient (Wildman–Crippen LogP) is 1.79. The molecule has 3 aromatic rings. The monoisotopic (exact) mass is 367 g/mol. The zero-order valence-corrected chi connectivity index (χ0v) is 16.2. The molecule has 27 heavy (non-hydrogen) atoms. The zero-order valence-electron chi connectivity index (χ0n) is 16.2. The van der Waals surface area contributed by atoms with Gasteiger partial charge in [-0.25, -0.2) is 4.98 Å². The van der Waals surface area contributed by atoms with Gasteiger partial charge in [0.1, 0.15) is 11.5 Å². The molecule has 1 aliphatic rings. The highest BCUT2D eigenvalue weighted by atomic mass is 16.2. The average Bonchev–Trinajstić information content (AvgIpc) is 3.15. The van der Waals surface area contributed by atoms with Crippen molar-refractivity contribution in [1.29, 1.82) is 0 Å². The van der Waals surface area contributed by atoms with Crippen LogP contribution in [-0.2, 0) is 7.05 Å². The summed E-state index contributed by atoms with van der Waals surface area (Å²) >= 11 is 0. The van der Waals surface area contributed by atoms with E-state index < -0.39 is 0 Å². The summed E-state index contributed by atoms with van der Waals surface area (Å²) in [5.41, 5.74) is 4.21. The number of carbonyl (C=O) groups is 1. The maximum Gasteiger partial charge on any atom is 0.269 e. The first-order valence-corrected chi connectivity index (χ1v) is 9.31. The molecule has 142 valence electrons. The van der Waals surface area contributed by atoms with Gasteiger partial charge in [-0.15, -0.1) is 0 Å². The number of anilines is 1. The lowest BCUT2D eigenvalue weighted by Gasteiger charge is -2.34. The van der Waals surface area contributed by atoms with Gasteiger partial charge < -0.3 is 10.2 Å². The molecule has 1 aliphatic heterocycles. The van der Waals surface area contributed by atoms with E-state index in [1.807, 2.05) is 37.4 Å². The second-order valence-corrected chi connectivity index (χ2v) is 7.36. The number of fused-ring (bicyclic) bond motifs is 1. The molecular weight excluding hydrogens is 342 g/mol. The van der Waals surface area contributed by atoms with Crippen molar-refractivity contribution in [2.45, 2.75) is 39.7 Å². The quantitative estimate of drug-likeness (QED) is 0.763. The highest BCUT2D eigenvalue weighted by Crippen LogP contribution is 2.22. The first-order valence-electron chi connectivity index (χ1n) is 9.31. The molecule has 0 spiro atoms. The van der Waals surface area contributed by atoms with E-state index in [-0.39, 0.29) is 11.9 Å². The van der Waals surface area contributed by atoms with Gasteiger partial charge in [0.15, 0.2) is 5.65 Å². The maximum atomic E-state index is 12.6. The molecule has 8 heteroatoms. The Morgan fingerprint density at radius 3 is 2.63 bits per heavy atom. The molecular formula is C19H25N7O. The predicted molar refractivity (Wildman–Crippen MR) is 103 cm³/mol. The Bertz CT molecular complexity index is 1000. The number of piperidine rings is 1. The van der Waals surface area contributed by atoms with E-state index in [9.17, 15) is 4.79 Å². The molecule has 0 saturated carbocycles. The molecule has 0 aromatic carbocycles. The van der Waals surface area contributed by atoms with Crippen LogP contribution >= 0.6 is 0 Å². The number of nitrogens with zero attached hydrogens (tertiary/aromatic N) is 6. The van der Waals surface area contributed by atoms with Gasteiger partial charge in [0.25, 0.3) is 5.91 Å². The Morgan fingerprint density at radius 2 is 1.89 bits per heavy atom. The van der Waals surface area contributed by atoms with Crippen LogP contribution in [0.15, 0.2) is 18.2 Å². The summed E-state index contributed by atoms with van der Waals surface area (Å²) in [5.74, 6) is 0.955. The van der Waals surface area contributed by atoms with Crippen LogP contribution in [0.2, 0.25) is 0 Å². The number of rotatable bonds is 3. The van der Waals surface area contributed by atoms with Crippen molar-refractivity contribution in [2.24, 2.45) is 7.05 Å². The molecule has 1 amide bonds. The van der Waals surface area contributed by atoms with Crippen LogP contribution in [0.1, 0.15) is 40.4 Å². The summed E-state index contributed by atoms with van der Waals surface area (Å²) in [7, 11) is 1.80.